The highest BCUT2D eigenvalue weighted by atomic mass is 16.4. The summed E-state index contributed by atoms with van der Waals surface area (Å²) in [5.74, 6) is 1.58. The van der Waals surface area contributed by atoms with Gasteiger partial charge in [0.25, 0.3) is 0 Å². The Bertz CT molecular complexity index is 468. The highest BCUT2D eigenvalue weighted by Gasteiger charge is 2.30. The lowest BCUT2D eigenvalue weighted by Gasteiger charge is -2.41. The Morgan fingerprint density at radius 1 is 1.42 bits per heavy atom. The topological polar surface area (TPSA) is 53.7 Å². The Hall–Kier alpha value is -1.29. The molecule has 104 valence electrons. The Morgan fingerprint density at radius 3 is 2.68 bits per heavy atom. The summed E-state index contributed by atoms with van der Waals surface area (Å²) >= 11 is 0. The average Bonchev–Trinajstić information content (AvgIpc) is 2.70. The molecule has 1 N–H and O–H groups in total. The maximum Gasteiger partial charge on any atom is 0.372 e. The molecule has 2 bridgehead atoms. The van der Waals surface area contributed by atoms with Gasteiger partial charge >= 0.3 is 5.97 Å². The molecule has 1 saturated heterocycles. The molecule has 0 amide bonds. The van der Waals surface area contributed by atoms with Crippen LogP contribution in [-0.4, -0.2) is 29.1 Å². The van der Waals surface area contributed by atoms with Crippen molar-refractivity contribution in [2.75, 3.05) is 13.1 Å². The van der Waals surface area contributed by atoms with Gasteiger partial charge in [0.1, 0.15) is 5.76 Å². The fraction of sp³-hybridized carbons (Fsp3) is 0.667. The normalized spacial score (nSPS) is 27.4. The number of carbonyl (C=O) groups is 1. The van der Waals surface area contributed by atoms with E-state index < -0.39 is 5.97 Å². The summed E-state index contributed by atoms with van der Waals surface area (Å²) in [5.41, 5.74) is 0.722. The third-order valence-electron chi connectivity index (χ3n) is 4.47. The lowest BCUT2D eigenvalue weighted by molar-refractivity contribution is 0.0637. The molecule has 1 saturated carbocycles. The molecule has 0 spiro atoms. The first kappa shape index (κ1) is 12.7. The van der Waals surface area contributed by atoms with E-state index in [0.717, 1.165) is 42.8 Å². The van der Waals surface area contributed by atoms with Crippen LogP contribution in [0.3, 0.4) is 0 Å². The predicted octanol–water partition coefficient (Wildman–Crippen LogP) is 2.91. The zero-order chi connectivity index (χ0) is 13.4. The molecule has 0 radical (unpaired) electrons. The highest BCUT2D eigenvalue weighted by Crippen LogP contribution is 2.35. The van der Waals surface area contributed by atoms with Gasteiger partial charge in [-0.2, -0.15) is 0 Å². The smallest absolute Gasteiger partial charge is 0.372 e. The number of fused-ring (bicyclic) bond motifs is 2. The van der Waals surface area contributed by atoms with Crippen molar-refractivity contribution in [2.24, 2.45) is 11.8 Å². The molecule has 2 unspecified atom stereocenters. The molecular weight excluding hydrogens is 242 g/mol. The Morgan fingerprint density at radius 2 is 2.11 bits per heavy atom. The number of piperidine rings is 1. The number of nitrogens with zero attached hydrogens (tertiary/aromatic N) is 1. The highest BCUT2D eigenvalue weighted by molar-refractivity contribution is 5.86. The summed E-state index contributed by atoms with van der Waals surface area (Å²) in [6.07, 6.45) is 5.47. The van der Waals surface area contributed by atoms with Crippen LogP contribution in [0.15, 0.2) is 10.5 Å². The maximum atomic E-state index is 11.0. The second-order valence-corrected chi connectivity index (χ2v) is 6.12. The van der Waals surface area contributed by atoms with E-state index in [9.17, 15) is 4.79 Å². The molecule has 2 atom stereocenters. The molecule has 2 aliphatic rings. The summed E-state index contributed by atoms with van der Waals surface area (Å²) in [6, 6.07) is 1.87. The number of hydrogen-bond acceptors (Lipinski definition) is 3. The van der Waals surface area contributed by atoms with Gasteiger partial charge in [0.05, 0.1) is 6.54 Å². The molecular formula is C15H21NO3. The Labute approximate surface area is 113 Å². The fourth-order valence-corrected chi connectivity index (χ4v) is 3.73. The molecule has 1 aromatic rings. The third-order valence-corrected chi connectivity index (χ3v) is 4.47. The van der Waals surface area contributed by atoms with Crippen molar-refractivity contribution in [3.63, 3.8) is 0 Å². The molecule has 2 heterocycles. The molecule has 0 aromatic carbocycles. The number of aromatic carboxylic acids is 1. The van der Waals surface area contributed by atoms with Gasteiger partial charge in [0.2, 0.25) is 5.76 Å². The monoisotopic (exact) mass is 263 g/mol. The van der Waals surface area contributed by atoms with Crippen molar-refractivity contribution in [1.82, 2.24) is 4.90 Å². The lowest BCUT2D eigenvalue weighted by atomic mass is 9.78. The van der Waals surface area contributed by atoms with Gasteiger partial charge in [-0.05, 0) is 44.1 Å². The van der Waals surface area contributed by atoms with Gasteiger partial charge in [-0.3, -0.25) is 4.90 Å². The van der Waals surface area contributed by atoms with Crippen molar-refractivity contribution in [3.05, 3.63) is 23.2 Å². The van der Waals surface area contributed by atoms with Crippen LogP contribution in [0, 0.1) is 18.8 Å². The Kier molecular flexibility index (Phi) is 3.35. The summed E-state index contributed by atoms with van der Waals surface area (Å²) < 4.78 is 5.46. The maximum absolute atomic E-state index is 11.0. The van der Waals surface area contributed by atoms with Crippen LogP contribution in [-0.2, 0) is 6.54 Å². The zero-order valence-electron chi connectivity index (χ0n) is 11.4. The van der Waals surface area contributed by atoms with E-state index in [2.05, 4.69) is 4.90 Å². The van der Waals surface area contributed by atoms with Crippen molar-refractivity contribution < 1.29 is 14.3 Å². The van der Waals surface area contributed by atoms with Crippen LogP contribution in [0.2, 0.25) is 0 Å². The second kappa shape index (κ2) is 5.00. The van der Waals surface area contributed by atoms with E-state index in [1.54, 1.807) is 6.92 Å². The quantitative estimate of drug-likeness (QED) is 0.911. The van der Waals surface area contributed by atoms with Crippen LogP contribution >= 0.6 is 0 Å². The van der Waals surface area contributed by atoms with Gasteiger partial charge < -0.3 is 9.52 Å². The first-order chi connectivity index (χ1) is 9.11. The Balaban J connectivity index is 1.68. The number of likely N-dealkylation sites (tertiary alicyclic amines) is 1. The second-order valence-electron chi connectivity index (χ2n) is 6.12. The standard InChI is InChI=1S/C15H21NO3/c1-10-5-13(19-14(10)15(17)18)9-16-7-11-3-2-4-12(6-11)8-16/h5,11-12H,2-4,6-9H2,1H3,(H,17,18). The van der Waals surface area contributed by atoms with E-state index in [0.29, 0.717) is 0 Å². The zero-order valence-corrected chi connectivity index (χ0v) is 11.4. The van der Waals surface area contributed by atoms with Crippen molar-refractivity contribution >= 4 is 5.97 Å². The van der Waals surface area contributed by atoms with E-state index in [1.165, 1.54) is 25.7 Å². The molecule has 1 aliphatic heterocycles. The van der Waals surface area contributed by atoms with Gasteiger partial charge in [-0.25, -0.2) is 4.79 Å². The first-order valence-corrected chi connectivity index (χ1v) is 7.17. The van der Waals surface area contributed by atoms with Crippen molar-refractivity contribution in [3.8, 4) is 0 Å². The van der Waals surface area contributed by atoms with Crippen LogP contribution in [0.1, 0.15) is 47.6 Å². The fourth-order valence-electron chi connectivity index (χ4n) is 3.73. The molecule has 1 aromatic heterocycles. The molecule has 4 heteroatoms. The summed E-state index contributed by atoms with van der Waals surface area (Å²) in [6.45, 7) is 4.82. The van der Waals surface area contributed by atoms with Gasteiger partial charge in [-0.15, -0.1) is 0 Å². The van der Waals surface area contributed by atoms with Crippen LogP contribution in [0.5, 0.6) is 0 Å². The number of aryl methyl sites for hydroxylation is 1. The van der Waals surface area contributed by atoms with E-state index in [4.69, 9.17) is 9.52 Å². The van der Waals surface area contributed by atoms with Crippen LogP contribution in [0.4, 0.5) is 0 Å². The molecule has 4 nitrogen and oxygen atoms in total. The van der Waals surface area contributed by atoms with E-state index in [-0.39, 0.29) is 5.76 Å². The van der Waals surface area contributed by atoms with E-state index >= 15 is 0 Å². The number of carboxylic acid groups (broad SMARTS) is 1. The van der Waals surface area contributed by atoms with Crippen LogP contribution in [0.25, 0.3) is 0 Å². The molecule has 1 aliphatic carbocycles. The summed E-state index contributed by atoms with van der Waals surface area (Å²) in [5, 5.41) is 9.01. The minimum absolute atomic E-state index is 0.0900. The first-order valence-electron chi connectivity index (χ1n) is 7.17. The largest absolute Gasteiger partial charge is 0.475 e. The van der Waals surface area contributed by atoms with Gasteiger partial charge in [0, 0.05) is 18.7 Å². The van der Waals surface area contributed by atoms with E-state index in [1.807, 2.05) is 6.07 Å². The minimum atomic E-state index is -0.973. The number of carboxylic acids is 1. The van der Waals surface area contributed by atoms with Gasteiger partial charge in [-0.1, -0.05) is 6.42 Å². The SMILES string of the molecule is Cc1cc(CN2CC3CCCC(C3)C2)oc1C(=O)O. The predicted molar refractivity (Wildman–Crippen MR) is 71.1 cm³/mol. The lowest BCUT2D eigenvalue weighted by Crippen LogP contribution is -2.42. The minimum Gasteiger partial charge on any atom is -0.475 e. The molecule has 3 rings (SSSR count). The molecule has 19 heavy (non-hydrogen) atoms. The molecule has 2 fully saturated rings. The van der Waals surface area contributed by atoms with Crippen molar-refractivity contribution in [2.45, 2.75) is 39.2 Å². The van der Waals surface area contributed by atoms with Crippen LogP contribution < -0.4 is 0 Å². The van der Waals surface area contributed by atoms with Gasteiger partial charge in [0.15, 0.2) is 0 Å². The number of rotatable bonds is 3. The van der Waals surface area contributed by atoms with Crippen molar-refractivity contribution in [1.29, 1.82) is 0 Å². The number of furan rings is 1. The average molecular weight is 263 g/mol. The number of hydrogen-bond donors (Lipinski definition) is 1. The third kappa shape index (κ3) is 2.68. The summed E-state index contributed by atoms with van der Waals surface area (Å²) in [4.78, 5) is 13.4. The summed E-state index contributed by atoms with van der Waals surface area (Å²) in [7, 11) is 0.